The molecule has 0 radical (unpaired) electrons. The van der Waals surface area contributed by atoms with E-state index in [2.05, 4.69) is 26.6 Å². The number of hydrogen-bond acceptors (Lipinski definition) is 2. The van der Waals surface area contributed by atoms with Crippen LogP contribution in [-0.4, -0.2) is 25.0 Å². The van der Waals surface area contributed by atoms with E-state index in [0.717, 1.165) is 25.9 Å². The summed E-state index contributed by atoms with van der Waals surface area (Å²) in [6.07, 6.45) is 1.84. The number of carbonyl (C=O) groups excluding carboxylic acids is 1. The van der Waals surface area contributed by atoms with E-state index in [1.807, 2.05) is 0 Å². The molecule has 17 heavy (non-hydrogen) atoms. The van der Waals surface area contributed by atoms with Gasteiger partial charge in [0.25, 0.3) is 5.91 Å². The summed E-state index contributed by atoms with van der Waals surface area (Å²) in [4.78, 5) is 11.9. The fourth-order valence-electron chi connectivity index (χ4n) is 1.92. The van der Waals surface area contributed by atoms with Crippen LogP contribution in [0.4, 0.5) is 4.39 Å². The molecule has 2 N–H and O–H groups in total. The molecule has 1 aliphatic heterocycles. The van der Waals surface area contributed by atoms with Crippen LogP contribution >= 0.6 is 15.9 Å². The molecule has 1 fully saturated rings. The van der Waals surface area contributed by atoms with Crippen molar-refractivity contribution in [1.82, 2.24) is 10.6 Å². The molecule has 0 spiro atoms. The Hall–Kier alpha value is -0.940. The molecule has 0 saturated carbocycles. The van der Waals surface area contributed by atoms with Crippen LogP contribution in [-0.2, 0) is 0 Å². The standard InChI is InChI=1S/C12H14BrFN2O/c13-9-5-8(6-10(14)7-9)12(17)16-11-1-3-15-4-2-11/h5-7,11,15H,1-4H2,(H,16,17). The minimum Gasteiger partial charge on any atom is -0.349 e. The zero-order valence-corrected chi connectivity index (χ0v) is 10.9. The van der Waals surface area contributed by atoms with E-state index in [0.29, 0.717) is 10.0 Å². The number of halogens is 2. The molecule has 1 amide bonds. The van der Waals surface area contributed by atoms with Gasteiger partial charge in [-0.05, 0) is 44.1 Å². The largest absolute Gasteiger partial charge is 0.349 e. The molecular weight excluding hydrogens is 287 g/mol. The second kappa shape index (κ2) is 5.60. The SMILES string of the molecule is O=C(NC1CCNCC1)c1cc(F)cc(Br)c1. The molecule has 0 atom stereocenters. The molecule has 1 saturated heterocycles. The van der Waals surface area contributed by atoms with Crippen molar-refractivity contribution < 1.29 is 9.18 Å². The summed E-state index contributed by atoms with van der Waals surface area (Å²) in [5.41, 5.74) is 0.357. The lowest BCUT2D eigenvalue weighted by atomic mass is 10.1. The summed E-state index contributed by atoms with van der Waals surface area (Å²) in [5.74, 6) is -0.619. The van der Waals surface area contributed by atoms with Crippen molar-refractivity contribution in [2.24, 2.45) is 0 Å². The van der Waals surface area contributed by atoms with E-state index < -0.39 is 5.82 Å². The van der Waals surface area contributed by atoms with Crippen LogP contribution < -0.4 is 10.6 Å². The molecular formula is C12H14BrFN2O. The predicted octanol–water partition coefficient (Wildman–Crippen LogP) is 2.07. The highest BCUT2D eigenvalue weighted by Crippen LogP contribution is 2.15. The molecule has 1 aliphatic rings. The summed E-state index contributed by atoms with van der Waals surface area (Å²) in [6, 6.07) is 4.40. The maximum atomic E-state index is 13.1. The van der Waals surface area contributed by atoms with Crippen molar-refractivity contribution in [1.29, 1.82) is 0 Å². The Labute approximate surface area is 108 Å². The zero-order valence-electron chi connectivity index (χ0n) is 9.30. The van der Waals surface area contributed by atoms with Crippen molar-refractivity contribution in [2.75, 3.05) is 13.1 Å². The summed E-state index contributed by atoms with van der Waals surface area (Å²) in [5, 5.41) is 6.15. The molecule has 5 heteroatoms. The van der Waals surface area contributed by atoms with E-state index in [-0.39, 0.29) is 11.9 Å². The van der Waals surface area contributed by atoms with Gasteiger partial charge in [0.1, 0.15) is 5.82 Å². The smallest absolute Gasteiger partial charge is 0.251 e. The van der Waals surface area contributed by atoms with Crippen LogP contribution in [0.15, 0.2) is 22.7 Å². The van der Waals surface area contributed by atoms with Crippen LogP contribution in [0.2, 0.25) is 0 Å². The first-order valence-corrected chi connectivity index (χ1v) is 6.42. The second-order valence-corrected chi connectivity index (χ2v) is 5.07. The molecule has 2 rings (SSSR count). The number of rotatable bonds is 2. The number of amides is 1. The molecule has 0 aromatic heterocycles. The highest BCUT2D eigenvalue weighted by molar-refractivity contribution is 9.10. The van der Waals surface area contributed by atoms with Crippen molar-refractivity contribution >= 4 is 21.8 Å². The molecule has 0 bridgehead atoms. The normalized spacial score (nSPS) is 16.8. The van der Waals surface area contributed by atoms with Gasteiger partial charge >= 0.3 is 0 Å². The Balaban J connectivity index is 2.03. The first-order chi connectivity index (χ1) is 8.15. The van der Waals surface area contributed by atoms with Gasteiger partial charge in [0.05, 0.1) is 0 Å². The topological polar surface area (TPSA) is 41.1 Å². The third-order valence-corrected chi connectivity index (χ3v) is 3.26. The molecule has 0 unspecified atom stereocenters. The predicted molar refractivity (Wildman–Crippen MR) is 67.5 cm³/mol. The van der Waals surface area contributed by atoms with Gasteiger partial charge in [0.15, 0.2) is 0 Å². The lowest BCUT2D eigenvalue weighted by Crippen LogP contribution is -2.42. The van der Waals surface area contributed by atoms with E-state index in [9.17, 15) is 9.18 Å². The third kappa shape index (κ3) is 3.51. The van der Waals surface area contributed by atoms with Crippen LogP contribution in [0.5, 0.6) is 0 Å². The van der Waals surface area contributed by atoms with Gasteiger partial charge in [-0.1, -0.05) is 15.9 Å². The van der Waals surface area contributed by atoms with E-state index >= 15 is 0 Å². The minimum absolute atomic E-state index is 0.186. The Morgan fingerprint density at radius 2 is 2.06 bits per heavy atom. The van der Waals surface area contributed by atoms with Crippen molar-refractivity contribution in [3.63, 3.8) is 0 Å². The molecule has 0 aliphatic carbocycles. The second-order valence-electron chi connectivity index (χ2n) is 4.16. The van der Waals surface area contributed by atoms with Gasteiger partial charge in [-0.3, -0.25) is 4.79 Å². The van der Waals surface area contributed by atoms with Gasteiger partial charge in [-0.2, -0.15) is 0 Å². The lowest BCUT2D eigenvalue weighted by molar-refractivity contribution is 0.0929. The number of nitrogens with one attached hydrogen (secondary N) is 2. The van der Waals surface area contributed by atoms with Gasteiger partial charge in [-0.25, -0.2) is 4.39 Å². The van der Waals surface area contributed by atoms with Crippen molar-refractivity contribution in [2.45, 2.75) is 18.9 Å². The molecule has 3 nitrogen and oxygen atoms in total. The first-order valence-electron chi connectivity index (χ1n) is 5.63. The Morgan fingerprint density at radius 3 is 2.71 bits per heavy atom. The monoisotopic (exact) mass is 300 g/mol. The Bertz CT molecular complexity index is 399. The summed E-state index contributed by atoms with van der Waals surface area (Å²) < 4.78 is 13.7. The van der Waals surface area contributed by atoms with Crippen LogP contribution in [0, 0.1) is 5.82 Å². The quantitative estimate of drug-likeness (QED) is 0.878. The third-order valence-electron chi connectivity index (χ3n) is 2.80. The van der Waals surface area contributed by atoms with Crippen molar-refractivity contribution in [3.05, 3.63) is 34.1 Å². The fourth-order valence-corrected chi connectivity index (χ4v) is 2.39. The Kier molecular flexibility index (Phi) is 4.12. The molecule has 1 aromatic carbocycles. The lowest BCUT2D eigenvalue weighted by Gasteiger charge is -2.23. The summed E-state index contributed by atoms with van der Waals surface area (Å²) >= 11 is 3.18. The maximum absolute atomic E-state index is 13.1. The van der Waals surface area contributed by atoms with Crippen LogP contribution in [0.25, 0.3) is 0 Å². The van der Waals surface area contributed by atoms with Crippen molar-refractivity contribution in [3.8, 4) is 0 Å². The average Bonchev–Trinajstić information content (AvgIpc) is 2.29. The van der Waals surface area contributed by atoms with Gasteiger partial charge in [0.2, 0.25) is 0 Å². The van der Waals surface area contributed by atoms with Crippen LogP contribution in [0.1, 0.15) is 23.2 Å². The first kappa shape index (κ1) is 12.5. The van der Waals surface area contributed by atoms with Gasteiger partial charge < -0.3 is 10.6 Å². The fraction of sp³-hybridized carbons (Fsp3) is 0.417. The molecule has 1 aromatic rings. The number of piperidine rings is 1. The number of benzene rings is 1. The van der Waals surface area contributed by atoms with E-state index in [1.54, 1.807) is 6.07 Å². The Morgan fingerprint density at radius 1 is 1.35 bits per heavy atom. The van der Waals surface area contributed by atoms with E-state index in [1.165, 1.54) is 12.1 Å². The highest BCUT2D eigenvalue weighted by atomic mass is 79.9. The average molecular weight is 301 g/mol. The van der Waals surface area contributed by atoms with E-state index in [4.69, 9.17) is 0 Å². The minimum atomic E-state index is -0.408. The molecule has 92 valence electrons. The highest BCUT2D eigenvalue weighted by Gasteiger charge is 2.16. The number of carbonyl (C=O) groups is 1. The van der Waals surface area contributed by atoms with Gasteiger partial charge in [-0.15, -0.1) is 0 Å². The number of hydrogen-bond donors (Lipinski definition) is 2. The molecule has 1 heterocycles. The van der Waals surface area contributed by atoms with Crippen LogP contribution in [0.3, 0.4) is 0 Å². The maximum Gasteiger partial charge on any atom is 0.251 e. The summed E-state index contributed by atoms with van der Waals surface area (Å²) in [6.45, 7) is 1.83. The summed E-state index contributed by atoms with van der Waals surface area (Å²) in [7, 11) is 0. The zero-order chi connectivity index (χ0) is 12.3. The van der Waals surface area contributed by atoms with Gasteiger partial charge in [0, 0.05) is 16.1 Å².